The van der Waals surface area contributed by atoms with E-state index >= 15 is 0 Å². The maximum absolute atomic E-state index is 10.6. The number of rotatable bonds is 3. The van der Waals surface area contributed by atoms with Crippen LogP contribution in [0.5, 0.6) is 5.75 Å². The molecule has 74 valence electrons. The fourth-order valence-corrected chi connectivity index (χ4v) is 1.67. The molecule has 0 unspecified atom stereocenters. The van der Waals surface area contributed by atoms with Gasteiger partial charge in [0.1, 0.15) is 10.2 Å². The second kappa shape index (κ2) is 4.19. The van der Waals surface area contributed by atoms with E-state index in [0.717, 1.165) is 0 Å². The lowest BCUT2D eigenvalue weighted by Crippen LogP contribution is -1.97. The smallest absolute Gasteiger partial charge is 0.297 e. The minimum Gasteiger partial charge on any atom is -0.495 e. The number of nitrogens with zero attached hydrogens (tertiary/aromatic N) is 1. The van der Waals surface area contributed by atoms with E-state index in [-0.39, 0.29) is 15.7 Å². The highest BCUT2D eigenvalue weighted by Gasteiger charge is 2.21. The number of carbonyl (C=O) groups is 1. The van der Waals surface area contributed by atoms with Crippen LogP contribution < -0.4 is 4.74 Å². The molecule has 0 aliphatic carbocycles. The Hall–Kier alpha value is -1.43. The quantitative estimate of drug-likeness (QED) is 0.474. The van der Waals surface area contributed by atoms with Crippen molar-refractivity contribution in [3.8, 4) is 5.75 Å². The zero-order valence-electron chi connectivity index (χ0n) is 7.19. The molecule has 1 aromatic rings. The number of nitro groups is 1. The predicted molar refractivity (Wildman–Crippen MR) is 52.7 cm³/mol. The van der Waals surface area contributed by atoms with Gasteiger partial charge in [-0.15, -0.1) is 0 Å². The van der Waals surface area contributed by atoms with E-state index in [1.165, 1.54) is 19.2 Å². The minimum absolute atomic E-state index is 0.0164. The molecule has 0 saturated heterocycles. The summed E-state index contributed by atoms with van der Waals surface area (Å²) in [6, 6.07) is 2.83. The topological polar surface area (TPSA) is 69.4 Å². The standard InChI is InChI=1S/C8H6BrNO4/c1-14-6-3-2-5(4-11)8(7(6)9)10(12)13/h2-4H,1H3. The van der Waals surface area contributed by atoms with Gasteiger partial charge in [-0.2, -0.15) is 0 Å². The monoisotopic (exact) mass is 259 g/mol. The van der Waals surface area contributed by atoms with Crippen LogP contribution in [0.3, 0.4) is 0 Å². The normalized spacial score (nSPS) is 9.57. The van der Waals surface area contributed by atoms with Gasteiger partial charge in [-0.25, -0.2) is 0 Å². The number of hydrogen-bond donors (Lipinski definition) is 0. The van der Waals surface area contributed by atoms with Gasteiger partial charge < -0.3 is 4.74 Å². The number of halogens is 1. The van der Waals surface area contributed by atoms with Gasteiger partial charge in [-0.05, 0) is 28.1 Å². The van der Waals surface area contributed by atoms with Gasteiger partial charge in [0.2, 0.25) is 0 Å². The van der Waals surface area contributed by atoms with E-state index in [9.17, 15) is 14.9 Å². The third kappa shape index (κ3) is 1.74. The fourth-order valence-electron chi connectivity index (χ4n) is 0.999. The second-order valence-electron chi connectivity index (χ2n) is 2.39. The van der Waals surface area contributed by atoms with Crippen molar-refractivity contribution in [3.05, 3.63) is 32.3 Å². The Balaban J connectivity index is 3.46. The van der Waals surface area contributed by atoms with Gasteiger partial charge >= 0.3 is 0 Å². The van der Waals surface area contributed by atoms with Crippen LogP contribution in [-0.4, -0.2) is 18.3 Å². The van der Waals surface area contributed by atoms with Crippen molar-refractivity contribution in [2.24, 2.45) is 0 Å². The van der Waals surface area contributed by atoms with Gasteiger partial charge in [-0.3, -0.25) is 14.9 Å². The van der Waals surface area contributed by atoms with E-state index in [1.54, 1.807) is 0 Å². The van der Waals surface area contributed by atoms with Crippen LogP contribution in [0.1, 0.15) is 10.4 Å². The van der Waals surface area contributed by atoms with Crippen molar-refractivity contribution in [2.75, 3.05) is 7.11 Å². The molecular weight excluding hydrogens is 254 g/mol. The molecule has 5 nitrogen and oxygen atoms in total. The van der Waals surface area contributed by atoms with Crippen molar-refractivity contribution < 1.29 is 14.5 Å². The number of nitro benzene ring substituents is 1. The van der Waals surface area contributed by atoms with E-state index in [2.05, 4.69) is 15.9 Å². The second-order valence-corrected chi connectivity index (χ2v) is 3.19. The Labute approximate surface area is 88.0 Å². The molecule has 0 atom stereocenters. The third-order valence-corrected chi connectivity index (χ3v) is 2.41. The molecular formula is C8H6BrNO4. The largest absolute Gasteiger partial charge is 0.495 e. The van der Waals surface area contributed by atoms with Crippen molar-refractivity contribution in [1.29, 1.82) is 0 Å². The van der Waals surface area contributed by atoms with Crippen LogP contribution in [0.2, 0.25) is 0 Å². The van der Waals surface area contributed by atoms with Crippen molar-refractivity contribution >= 4 is 27.9 Å². The number of benzene rings is 1. The lowest BCUT2D eigenvalue weighted by atomic mass is 10.2. The highest BCUT2D eigenvalue weighted by atomic mass is 79.9. The fraction of sp³-hybridized carbons (Fsp3) is 0.125. The first kappa shape index (κ1) is 10.6. The number of carbonyl (C=O) groups excluding carboxylic acids is 1. The zero-order chi connectivity index (χ0) is 10.7. The Morgan fingerprint density at radius 1 is 1.57 bits per heavy atom. The van der Waals surface area contributed by atoms with Crippen LogP contribution in [0, 0.1) is 10.1 Å². The highest BCUT2D eigenvalue weighted by Crippen LogP contribution is 2.35. The maximum Gasteiger partial charge on any atom is 0.297 e. The molecule has 6 heteroatoms. The summed E-state index contributed by atoms with van der Waals surface area (Å²) >= 11 is 3.01. The van der Waals surface area contributed by atoms with Crippen LogP contribution >= 0.6 is 15.9 Å². The lowest BCUT2D eigenvalue weighted by Gasteiger charge is -2.04. The summed E-state index contributed by atoms with van der Waals surface area (Å²) in [4.78, 5) is 20.5. The number of methoxy groups -OCH3 is 1. The van der Waals surface area contributed by atoms with Gasteiger partial charge in [0.05, 0.1) is 17.6 Å². The summed E-state index contributed by atoms with van der Waals surface area (Å²) in [5.41, 5.74) is -0.262. The third-order valence-electron chi connectivity index (χ3n) is 1.64. The molecule has 0 amide bonds. The molecule has 14 heavy (non-hydrogen) atoms. The molecule has 0 saturated carbocycles. The summed E-state index contributed by atoms with van der Waals surface area (Å²) in [5.74, 6) is 0.322. The van der Waals surface area contributed by atoms with E-state index in [4.69, 9.17) is 4.74 Å². The average molecular weight is 260 g/mol. The molecule has 0 radical (unpaired) electrons. The van der Waals surface area contributed by atoms with Crippen molar-refractivity contribution in [1.82, 2.24) is 0 Å². The summed E-state index contributed by atoms with van der Waals surface area (Å²) in [7, 11) is 1.39. The molecule has 1 aromatic carbocycles. The molecule has 0 bridgehead atoms. The van der Waals surface area contributed by atoms with Gasteiger partial charge in [0, 0.05) is 0 Å². The Kier molecular flexibility index (Phi) is 3.19. The maximum atomic E-state index is 10.6. The Bertz CT molecular complexity index is 391. The SMILES string of the molecule is COc1ccc(C=O)c([N+](=O)[O-])c1Br. The van der Waals surface area contributed by atoms with Crippen molar-refractivity contribution in [2.45, 2.75) is 0 Å². The zero-order valence-corrected chi connectivity index (χ0v) is 8.78. The van der Waals surface area contributed by atoms with E-state index in [0.29, 0.717) is 12.0 Å². The van der Waals surface area contributed by atoms with Crippen LogP contribution in [0.25, 0.3) is 0 Å². The van der Waals surface area contributed by atoms with Gasteiger partial charge in [-0.1, -0.05) is 0 Å². The molecule has 0 aliphatic heterocycles. The predicted octanol–water partition coefficient (Wildman–Crippen LogP) is 2.18. The Morgan fingerprint density at radius 2 is 2.21 bits per heavy atom. The molecule has 0 fully saturated rings. The van der Waals surface area contributed by atoms with E-state index in [1.807, 2.05) is 0 Å². The van der Waals surface area contributed by atoms with Crippen LogP contribution in [0.4, 0.5) is 5.69 Å². The first-order valence-corrected chi connectivity index (χ1v) is 4.37. The highest BCUT2D eigenvalue weighted by molar-refractivity contribution is 9.10. The molecule has 0 aromatic heterocycles. The summed E-state index contributed by atoms with van der Waals surface area (Å²) < 4.78 is 5.04. The number of aldehydes is 1. The summed E-state index contributed by atoms with van der Waals surface area (Å²) in [6.07, 6.45) is 0.433. The molecule has 0 spiro atoms. The summed E-state index contributed by atoms with van der Waals surface area (Å²) in [6.45, 7) is 0. The molecule has 0 heterocycles. The lowest BCUT2D eigenvalue weighted by molar-refractivity contribution is -0.385. The first-order chi connectivity index (χ1) is 6.61. The molecule has 0 N–H and O–H groups in total. The molecule has 1 rings (SSSR count). The van der Waals surface area contributed by atoms with Gasteiger partial charge in [0.25, 0.3) is 5.69 Å². The van der Waals surface area contributed by atoms with Gasteiger partial charge in [0.15, 0.2) is 6.29 Å². The minimum atomic E-state index is -0.629. The Morgan fingerprint density at radius 3 is 2.64 bits per heavy atom. The van der Waals surface area contributed by atoms with Crippen LogP contribution in [-0.2, 0) is 0 Å². The first-order valence-electron chi connectivity index (χ1n) is 3.58. The van der Waals surface area contributed by atoms with Crippen LogP contribution in [0.15, 0.2) is 16.6 Å². The number of hydrogen-bond acceptors (Lipinski definition) is 4. The van der Waals surface area contributed by atoms with E-state index < -0.39 is 4.92 Å². The average Bonchev–Trinajstić information content (AvgIpc) is 2.16. The molecule has 0 aliphatic rings. The van der Waals surface area contributed by atoms with Crippen molar-refractivity contribution in [3.63, 3.8) is 0 Å². The number of ether oxygens (including phenoxy) is 1. The summed E-state index contributed by atoms with van der Waals surface area (Å²) in [5, 5.41) is 10.6.